The zero-order valence-electron chi connectivity index (χ0n) is 22.3. The first-order valence-electron chi connectivity index (χ1n) is 12.2. The molecule has 0 aliphatic rings. The monoisotopic (exact) mass is 508 g/mol. The quantitative estimate of drug-likeness (QED) is 0.425. The van der Waals surface area contributed by atoms with Crippen molar-refractivity contribution in [3.8, 4) is 0 Å². The number of hydrogen-bond acceptors (Lipinski definition) is 7. The van der Waals surface area contributed by atoms with Gasteiger partial charge in [-0.15, -0.1) is 10.2 Å². The fourth-order valence-corrected chi connectivity index (χ4v) is 3.41. The molecule has 1 heterocycles. The number of amides is 2. The third kappa shape index (κ3) is 8.38. The van der Waals surface area contributed by atoms with Gasteiger partial charge in [0.05, 0.1) is 19.3 Å². The van der Waals surface area contributed by atoms with E-state index in [9.17, 15) is 9.59 Å². The lowest BCUT2D eigenvalue weighted by Gasteiger charge is -2.29. The van der Waals surface area contributed by atoms with E-state index in [1.54, 1.807) is 34.6 Å². The number of rotatable bonds is 10. The number of tetrazole rings is 1. The van der Waals surface area contributed by atoms with E-state index in [1.165, 1.54) is 4.80 Å². The van der Waals surface area contributed by atoms with Crippen molar-refractivity contribution in [2.75, 3.05) is 6.61 Å². The minimum atomic E-state index is -1.27. The summed E-state index contributed by atoms with van der Waals surface area (Å²) in [5.74, 6) is -0.142. The number of hydrogen-bond donors (Lipinski definition) is 2. The van der Waals surface area contributed by atoms with E-state index in [0.29, 0.717) is 12.4 Å². The Morgan fingerprint density at radius 3 is 2.22 bits per heavy atom. The number of ether oxygens (including phenoxy) is 2. The lowest BCUT2D eigenvalue weighted by Crippen LogP contribution is -2.56. The minimum absolute atomic E-state index is 0.106. The molecule has 0 aliphatic carbocycles. The summed E-state index contributed by atoms with van der Waals surface area (Å²) in [6.07, 6.45) is -0.690. The standard InChI is InChI=1S/C27H36N6O4/c1-19(21-15-11-8-12-16-21)33-31-23(30-32-33)22(18-36-17-20-13-9-7-10-14-20)28-24(34)27(5,6)29-25(35)37-26(2,3)4/h7-16,19,22H,17-18H2,1-6H3,(H,28,34)(H,29,35). The largest absolute Gasteiger partial charge is 0.444 e. The number of carbonyl (C=O) groups excluding carboxylic acids is 2. The molecular formula is C27H36N6O4. The van der Waals surface area contributed by atoms with Crippen molar-refractivity contribution in [1.29, 1.82) is 0 Å². The maximum atomic E-state index is 13.2. The van der Waals surface area contributed by atoms with E-state index in [1.807, 2.05) is 67.6 Å². The molecule has 2 unspecified atom stereocenters. The van der Waals surface area contributed by atoms with Crippen LogP contribution in [0.4, 0.5) is 4.79 Å². The smallest absolute Gasteiger partial charge is 0.408 e. The summed E-state index contributed by atoms with van der Waals surface area (Å²) in [5.41, 5.74) is 0.0548. The highest BCUT2D eigenvalue weighted by atomic mass is 16.6. The molecule has 0 radical (unpaired) electrons. The second kappa shape index (κ2) is 12.0. The number of carbonyl (C=O) groups is 2. The zero-order valence-corrected chi connectivity index (χ0v) is 22.3. The molecule has 0 saturated heterocycles. The molecule has 10 nitrogen and oxygen atoms in total. The first-order valence-corrected chi connectivity index (χ1v) is 12.2. The summed E-state index contributed by atoms with van der Waals surface area (Å²) in [7, 11) is 0. The van der Waals surface area contributed by atoms with Crippen LogP contribution in [0.3, 0.4) is 0 Å². The number of aromatic nitrogens is 4. The van der Waals surface area contributed by atoms with Gasteiger partial charge in [-0.1, -0.05) is 60.7 Å². The van der Waals surface area contributed by atoms with Crippen molar-refractivity contribution >= 4 is 12.0 Å². The summed E-state index contributed by atoms with van der Waals surface area (Å²) in [5, 5.41) is 18.5. The highest BCUT2D eigenvalue weighted by Crippen LogP contribution is 2.18. The summed E-state index contributed by atoms with van der Waals surface area (Å²) < 4.78 is 11.2. The number of alkyl carbamates (subject to hydrolysis) is 1. The Hall–Kier alpha value is -3.79. The van der Waals surface area contributed by atoms with Crippen LogP contribution in [0.15, 0.2) is 60.7 Å². The number of nitrogens with zero attached hydrogens (tertiary/aromatic N) is 4. The van der Waals surface area contributed by atoms with Crippen molar-refractivity contribution in [1.82, 2.24) is 30.8 Å². The first kappa shape index (κ1) is 27.8. The molecule has 198 valence electrons. The van der Waals surface area contributed by atoms with Crippen LogP contribution in [-0.4, -0.2) is 50.0 Å². The first-order chi connectivity index (χ1) is 17.4. The van der Waals surface area contributed by atoms with Crippen LogP contribution < -0.4 is 10.6 Å². The van der Waals surface area contributed by atoms with Crippen molar-refractivity contribution < 1.29 is 19.1 Å². The number of nitrogens with one attached hydrogen (secondary N) is 2. The third-order valence-corrected chi connectivity index (χ3v) is 5.47. The van der Waals surface area contributed by atoms with Crippen LogP contribution in [0.25, 0.3) is 0 Å². The molecule has 0 spiro atoms. The Morgan fingerprint density at radius 1 is 0.973 bits per heavy atom. The number of benzene rings is 2. The fourth-order valence-electron chi connectivity index (χ4n) is 3.41. The zero-order chi connectivity index (χ0) is 27.1. The van der Waals surface area contributed by atoms with Crippen LogP contribution >= 0.6 is 0 Å². The van der Waals surface area contributed by atoms with Gasteiger partial charge in [0.2, 0.25) is 5.91 Å². The molecule has 3 rings (SSSR count). The van der Waals surface area contributed by atoms with Gasteiger partial charge in [0, 0.05) is 0 Å². The molecular weight excluding hydrogens is 472 g/mol. The third-order valence-electron chi connectivity index (χ3n) is 5.47. The van der Waals surface area contributed by atoms with Gasteiger partial charge in [0.1, 0.15) is 17.2 Å². The molecule has 2 aromatic carbocycles. The van der Waals surface area contributed by atoms with Gasteiger partial charge < -0.3 is 20.1 Å². The van der Waals surface area contributed by atoms with Gasteiger partial charge in [-0.25, -0.2) is 4.79 Å². The molecule has 0 fully saturated rings. The minimum Gasteiger partial charge on any atom is -0.444 e. The normalized spacial score (nSPS) is 13.5. The van der Waals surface area contributed by atoms with Gasteiger partial charge in [-0.2, -0.15) is 4.80 Å². The fraction of sp³-hybridized carbons (Fsp3) is 0.444. The van der Waals surface area contributed by atoms with Crippen molar-refractivity contribution in [3.63, 3.8) is 0 Å². The van der Waals surface area contributed by atoms with Gasteiger partial charge in [0.25, 0.3) is 0 Å². The molecule has 3 aromatic rings. The van der Waals surface area contributed by atoms with E-state index in [0.717, 1.165) is 11.1 Å². The molecule has 0 bridgehead atoms. The van der Waals surface area contributed by atoms with Crippen LogP contribution in [0, 0.1) is 0 Å². The van der Waals surface area contributed by atoms with Crippen LogP contribution in [0.1, 0.15) is 70.6 Å². The highest BCUT2D eigenvalue weighted by Gasteiger charge is 2.34. The summed E-state index contributed by atoms with van der Waals surface area (Å²) >= 11 is 0. The Labute approximate surface area is 217 Å². The van der Waals surface area contributed by atoms with Crippen LogP contribution in [0.5, 0.6) is 0 Å². The van der Waals surface area contributed by atoms with E-state index >= 15 is 0 Å². The van der Waals surface area contributed by atoms with Crippen LogP contribution in [0.2, 0.25) is 0 Å². The predicted molar refractivity (Wildman–Crippen MR) is 139 cm³/mol. The Balaban J connectivity index is 1.75. The SMILES string of the molecule is CC(c1ccccc1)n1nnc(C(COCc2ccccc2)NC(=O)C(C)(C)NC(=O)OC(C)(C)C)n1. The lowest BCUT2D eigenvalue weighted by atomic mass is 10.0. The van der Waals surface area contributed by atoms with Crippen LogP contribution in [-0.2, 0) is 20.9 Å². The van der Waals surface area contributed by atoms with E-state index in [4.69, 9.17) is 9.47 Å². The Kier molecular flexibility index (Phi) is 8.99. The molecule has 0 aliphatic heterocycles. The second-order valence-corrected chi connectivity index (χ2v) is 10.3. The van der Waals surface area contributed by atoms with Crippen molar-refractivity contribution in [2.45, 2.75) is 71.4 Å². The molecule has 37 heavy (non-hydrogen) atoms. The molecule has 0 saturated carbocycles. The van der Waals surface area contributed by atoms with Gasteiger partial charge in [-0.3, -0.25) is 4.79 Å². The Morgan fingerprint density at radius 2 is 1.59 bits per heavy atom. The van der Waals surface area contributed by atoms with E-state index < -0.39 is 29.2 Å². The van der Waals surface area contributed by atoms with Gasteiger partial charge in [-0.05, 0) is 57.9 Å². The average Bonchev–Trinajstić information content (AvgIpc) is 3.32. The maximum absolute atomic E-state index is 13.2. The molecule has 2 amide bonds. The Bertz CT molecular complexity index is 1160. The summed E-state index contributed by atoms with van der Waals surface area (Å²) in [6.45, 7) is 10.9. The van der Waals surface area contributed by atoms with Gasteiger partial charge >= 0.3 is 6.09 Å². The summed E-state index contributed by atoms with van der Waals surface area (Å²) in [4.78, 5) is 27.0. The second-order valence-electron chi connectivity index (χ2n) is 10.3. The lowest BCUT2D eigenvalue weighted by molar-refractivity contribution is -0.127. The van der Waals surface area contributed by atoms with E-state index in [2.05, 4.69) is 26.0 Å². The van der Waals surface area contributed by atoms with E-state index in [-0.39, 0.29) is 12.6 Å². The predicted octanol–water partition coefficient (Wildman–Crippen LogP) is 3.96. The molecule has 1 aromatic heterocycles. The average molecular weight is 509 g/mol. The maximum Gasteiger partial charge on any atom is 0.408 e. The van der Waals surface area contributed by atoms with Gasteiger partial charge in [0.15, 0.2) is 5.82 Å². The summed E-state index contributed by atoms with van der Waals surface area (Å²) in [6, 6.07) is 18.7. The van der Waals surface area contributed by atoms with Crippen molar-refractivity contribution in [2.24, 2.45) is 0 Å². The molecule has 2 atom stereocenters. The highest BCUT2D eigenvalue weighted by molar-refractivity contribution is 5.89. The molecule has 10 heteroatoms. The van der Waals surface area contributed by atoms with Crippen molar-refractivity contribution in [3.05, 3.63) is 77.6 Å². The molecule has 2 N–H and O–H groups in total. The topological polar surface area (TPSA) is 120 Å².